The van der Waals surface area contributed by atoms with Gasteiger partial charge in [-0.3, -0.25) is 0 Å². The van der Waals surface area contributed by atoms with Gasteiger partial charge in [0, 0.05) is 5.56 Å². The van der Waals surface area contributed by atoms with Crippen molar-refractivity contribution in [3.8, 4) is 17.4 Å². The molecule has 30 heavy (non-hydrogen) atoms. The number of ether oxygens (including phenoxy) is 1. The van der Waals surface area contributed by atoms with Crippen LogP contribution in [0.15, 0.2) is 54.6 Å². The average Bonchev–Trinajstić information content (AvgIpc) is 2.78. The number of rotatable bonds is 8. The van der Waals surface area contributed by atoms with Gasteiger partial charge in [-0.2, -0.15) is 15.0 Å². The normalized spacial score (nSPS) is 12.4. The molecule has 0 fully saturated rings. The Bertz CT molecular complexity index is 1160. The molecule has 4 nitrogen and oxygen atoms in total. The van der Waals surface area contributed by atoms with Gasteiger partial charge in [0.1, 0.15) is 0 Å². The summed E-state index contributed by atoms with van der Waals surface area (Å²) in [5.41, 5.74) is 0.927. The SMILES string of the molecule is CCCCC(CC)COc1nc(Cl)nc(-c2cc3ccccc3c3ccccc23)n1. The van der Waals surface area contributed by atoms with E-state index in [-0.39, 0.29) is 11.3 Å². The largest absolute Gasteiger partial charge is 0.463 e. The lowest BCUT2D eigenvalue weighted by Crippen LogP contribution is -2.13. The Morgan fingerprint density at radius 3 is 2.40 bits per heavy atom. The molecule has 1 heterocycles. The standard InChI is InChI=1S/C25H26ClN3O/c1-3-5-10-17(4-2)16-30-25-28-23(27-24(26)29-25)22-15-18-11-6-7-12-19(18)20-13-8-9-14-21(20)22/h6-9,11-15,17H,3-5,10,16H2,1-2H3. The second-order valence-corrected chi connectivity index (χ2v) is 7.97. The van der Waals surface area contributed by atoms with Crippen molar-refractivity contribution in [2.75, 3.05) is 6.61 Å². The van der Waals surface area contributed by atoms with E-state index in [0.717, 1.165) is 34.6 Å². The molecule has 1 aromatic heterocycles. The highest BCUT2D eigenvalue weighted by Crippen LogP contribution is 2.34. The Kier molecular flexibility index (Phi) is 6.44. The van der Waals surface area contributed by atoms with Crippen LogP contribution in [0.2, 0.25) is 5.28 Å². The number of halogens is 1. The molecule has 1 atom stereocenters. The maximum absolute atomic E-state index is 6.26. The van der Waals surface area contributed by atoms with E-state index in [1.165, 1.54) is 18.2 Å². The van der Waals surface area contributed by atoms with Crippen LogP contribution in [0.5, 0.6) is 6.01 Å². The smallest absolute Gasteiger partial charge is 0.321 e. The van der Waals surface area contributed by atoms with E-state index in [1.54, 1.807) is 0 Å². The first kappa shape index (κ1) is 20.5. The lowest BCUT2D eigenvalue weighted by atomic mass is 9.97. The Labute approximate surface area is 182 Å². The molecule has 4 rings (SSSR count). The Morgan fingerprint density at radius 2 is 1.63 bits per heavy atom. The molecule has 0 radical (unpaired) electrons. The zero-order valence-corrected chi connectivity index (χ0v) is 18.2. The van der Waals surface area contributed by atoms with Gasteiger partial charge in [-0.05, 0) is 51.6 Å². The summed E-state index contributed by atoms with van der Waals surface area (Å²) in [7, 11) is 0. The van der Waals surface area contributed by atoms with Gasteiger partial charge < -0.3 is 4.74 Å². The number of nitrogens with zero attached hydrogens (tertiary/aromatic N) is 3. The van der Waals surface area contributed by atoms with E-state index in [0.29, 0.717) is 18.3 Å². The summed E-state index contributed by atoms with van der Waals surface area (Å²) in [6, 6.07) is 19.0. The molecule has 5 heteroatoms. The molecule has 0 spiro atoms. The van der Waals surface area contributed by atoms with E-state index in [9.17, 15) is 0 Å². The third-order valence-corrected chi connectivity index (χ3v) is 5.76. The molecular weight excluding hydrogens is 394 g/mol. The molecule has 0 aliphatic carbocycles. The van der Waals surface area contributed by atoms with Crippen LogP contribution in [-0.4, -0.2) is 21.6 Å². The first-order valence-corrected chi connectivity index (χ1v) is 11.0. The van der Waals surface area contributed by atoms with Gasteiger partial charge >= 0.3 is 6.01 Å². The number of benzene rings is 3. The molecule has 3 aromatic carbocycles. The van der Waals surface area contributed by atoms with Crippen molar-refractivity contribution >= 4 is 33.1 Å². The van der Waals surface area contributed by atoms with Crippen molar-refractivity contribution < 1.29 is 4.74 Å². The van der Waals surface area contributed by atoms with Gasteiger partial charge in [-0.25, -0.2) is 0 Å². The van der Waals surface area contributed by atoms with Crippen molar-refractivity contribution in [2.24, 2.45) is 5.92 Å². The summed E-state index contributed by atoms with van der Waals surface area (Å²) in [6.07, 6.45) is 4.61. The molecule has 0 N–H and O–H groups in total. The van der Waals surface area contributed by atoms with Gasteiger partial charge in [-0.15, -0.1) is 0 Å². The van der Waals surface area contributed by atoms with Crippen molar-refractivity contribution in [1.82, 2.24) is 15.0 Å². The topological polar surface area (TPSA) is 47.9 Å². The first-order chi connectivity index (χ1) is 14.7. The van der Waals surface area contributed by atoms with Crippen molar-refractivity contribution in [2.45, 2.75) is 39.5 Å². The quantitative estimate of drug-likeness (QED) is 0.286. The maximum Gasteiger partial charge on any atom is 0.321 e. The average molecular weight is 420 g/mol. The summed E-state index contributed by atoms with van der Waals surface area (Å²) in [5.74, 6) is 1.03. The zero-order valence-electron chi connectivity index (χ0n) is 17.4. The van der Waals surface area contributed by atoms with Crippen LogP contribution in [0.25, 0.3) is 32.9 Å². The van der Waals surface area contributed by atoms with Crippen LogP contribution in [0, 0.1) is 5.92 Å². The fraction of sp³-hybridized carbons (Fsp3) is 0.320. The fourth-order valence-electron chi connectivity index (χ4n) is 3.85. The summed E-state index contributed by atoms with van der Waals surface area (Å²) >= 11 is 6.26. The van der Waals surface area contributed by atoms with E-state index in [1.807, 2.05) is 12.1 Å². The molecule has 0 saturated carbocycles. The number of hydrogen-bond acceptors (Lipinski definition) is 4. The summed E-state index contributed by atoms with van der Waals surface area (Å²) in [6.45, 7) is 4.99. The monoisotopic (exact) mass is 419 g/mol. The second-order valence-electron chi connectivity index (χ2n) is 7.63. The van der Waals surface area contributed by atoms with Crippen LogP contribution in [0.1, 0.15) is 39.5 Å². The molecule has 4 aromatic rings. The molecule has 0 bridgehead atoms. The van der Waals surface area contributed by atoms with Crippen molar-refractivity contribution in [3.05, 3.63) is 59.9 Å². The van der Waals surface area contributed by atoms with Gasteiger partial charge in [0.15, 0.2) is 5.82 Å². The molecule has 0 amide bonds. The lowest BCUT2D eigenvalue weighted by Gasteiger charge is -2.15. The van der Waals surface area contributed by atoms with Crippen LogP contribution >= 0.6 is 11.6 Å². The fourth-order valence-corrected chi connectivity index (χ4v) is 4.00. The van der Waals surface area contributed by atoms with E-state index in [4.69, 9.17) is 16.3 Å². The lowest BCUT2D eigenvalue weighted by molar-refractivity contribution is 0.217. The van der Waals surface area contributed by atoms with Gasteiger partial charge in [-0.1, -0.05) is 81.6 Å². The molecule has 0 saturated heterocycles. The van der Waals surface area contributed by atoms with Crippen molar-refractivity contribution in [1.29, 1.82) is 0 Å². The molecule has 0 aliphatic heterocycles. The van der Waals surface area contributed by atoms with E-state index >= 15 is 0 Å². The number of hydrogen-bond donors (Lipinski definition) is 0. The summed E-state index contributed by atoms with van der Waals surface area (Å²) < 4.78 is 5.95. The van der Waals surface area contributed by atoms with Gasteiger partial charge in [0.2, 0.25) is 5.28 Å². The first-order valence-electron chi connectivity index (χ1n) is 10.6. The van der Waals surface area contributed by atoms with Crippen LogP contribution in [0.4, 0.5) is 0 Å². The number of fused-ring (bicyclic) bond motifs is 3. The molecule has 1 unspecified atom stereocenters. The Balaban J connectivity index is 1.73. The van der Waals surface area contributed by atoms with Gasteiger partial charge in [0.05, 0.1) is 6.61 Å². The third kappa shape index (κ3) is 4.39. The highest BCUT2D eigenvalue weighted by molar-refractivity contribution is 6.28. The molecule has 154 valence electrons. The minimum absolute atomic E-state index is 0.147. The number of unbranched alkanes of at least 4 members (excludes halogenated alkanes) is 1. The van der Waals surface area contributed by atoms with Crippen LogP contribution in [0.3, 0.4) is 0 Å². The second kappa shape index (κ2) is 9.40. The minimum Gasteiger partial charge on any atom is -0.463 e. The van der Waals surface area contributed by atoms with E-state index < -0.39 is 0 Å². The predicted molar refractivity (Wildman–Crippen MR) is 124 cm³/mol. The third-order valence-electron chi connectivity index (χ3n) is 5.59. The molecule has 0 aliphatic rings. The summed E-state index contributed by atoms with van der Waals surface area (Å²) in [5, 5.41) is 4.73. The number of aromatic nitrogens is 3. The highest BCUT2D eigenvalue weighted by Gasteiger charge is 2.15. The maximum atomic E-state index is 6.26. The summed E-state index contributed by atoms with van der Waals surface area (Å²) in [4.78, 5) is 13.2. The zero-order chi connectivity index (χ0) is 20.9. The van der Waals surface area contributed by atoms with E-state index in [2.05, 4.69) is 71.3 Å². The van der Waals surface area contributed by atoms with Crippen LogP contribution < -0.4 is 4.74 Å². The minimum atomic E-state index is 0.147. The molecular formula is C25H26ClN3O. The Hall–Kier alpha value is -2.72. The van der Waals surface area contributed by atoms with Crippen molar-refractivity contribution in [3.63, 3.8) is 0 Å². The van der Waals surface area contributed by atoms with Crippen LogP contribution in [-0.2, 0) is 0 Å². The highest BCUT2D eigenvalue weighted by atomic mass is 35.5. The predicted octanol–water partition coefficient (Wildman–Crippen LogP) is 7.09. The van der Waals surface area contributed by atoms with Gasteiger partial charge in [0.25, 0.3) is 0 Å². The Morgan fingerprint density at radius 1 is 0.900 bits per heavy atom.